The molecular formula is C25H27ClN2O6S. The van der Waals surface area contributed by atoms with Crippen LogP contribution in [0.25, 0.3) is 0 Å². The molecule has 3 aromatic carbocycles. The van der Waals surface area contributed by atoms with Gasteiger partial charge in [0.1, 0.15) is 17.2 Å². The molecule has 0 spiro atoms. The quantitative estimate of drug-likeness (QED) is 0.389. The molecule has 0 bridgehead atoms. The van der Waals surface area contributed by atoms with E-state index >= 15 is 0 Å². The van der Waals surface area contributed by atoms with Crippen LogP contribution in [0.1, 0.15) is 13.3 Å². The zero-order valence-corrected chi connectivity index (χ0v) is 21.4. The van der Waals surface area contributed by atoms with E-state index in [1.165, 1.54) is 7.05 Å². The molecule has 0 saturated carbocycles. The first-order valence-electron chi connectivity index (χ1n) is 10.7. The van der Waals surface area contributed by atoms with Gasteiger partial charge in [0.15, 0.2) is 11.9 Å². The van der Waals surface area contributed by atoms with Crippen LogP contribution in [0, 0.1) is 0 Å². The lowest BCUT2D eigenvalue weighted by Gasteiger charge is -2.20. The highest BCUT2D eigenvalue weighted by Crippen LogP contribution is 2.33. The minimum absolute atomic E-state index is 0.386. The summed E-state index contributed by atoms with van der Waals surface area (Å²) >= 11 is 6.16. The fourth-order valence-electron chi connectivity index (χ4n) is 3.11. The second kappa shape index (κ2) is 11.3. The van der Waals surface area contributed by atoms with Gasteiger partial charge in [0.25, 0.3) is 5.91 Å². The summed E-state index contributed by atoms with van der Waals surface area (Å²) in [6.07, 6.45) is 0.706. The molecule has 0 heterocycles. The minimum Gasteiger partial charge on any atom is -0.497 e. The Morgan fingerprint density at radius 3 is 2.34 bits per heavy atom. The zero-order valence-electron chi connectivity index (χ0n) is 19.8. The second-order valence-corrected chi connectivity index (χ2v) is 10.1. The summed E-state index contributed by atoms with van der Waals surface area (Å²) in [7, 11) is -0.353. The molecule has 3 aromatic rings. The number of halogens is 1. The molecule has 1 atom stereocenters. The number of methoxy groups -OCH3 is 1. The number of hydrogen-bond donors (Lipinski definition) is 1. The summed E-state index contributed by atoms with van der Waals surface area (Å²) in [6.45, 7) is 1.82. The summed E-state index contributed by atoms with van der Waals surface area (Å²) in [6, 6.07) is 18.5. The Morgan fingerprint density at radius 1 is 1.03 bits per heavy atom. The van der Waals surface area contributed by atoms with Crippen LogP contribution in [0.3, 0.4) is 0 Å². The summed E-state index contributed by atoms with van der Waals surface area (Å²) < 4.78 is 41.6. The van der Waals surface area contributed by atoms with E-state index in [0.29, 0.717) is 45.8 Å². The third-order valence-corrected chi connectivity index (χ3v) is 6.55. The Balaban J connectivity index is 1.75. The molecule has 0 radical (unpaired) electrons. The molecule has 0 saturated heterocycles. The van der Waals surface area contributed by atoms with Crippen LogP contribution in [0.5, 0.6) is 23.0 Å². The Morgan fingerprint density at radius 2 is 1.71 bits per heavy atom. The molecule has 35 heavy (non-hydrogen) atoms. The Bertz CT molecular complexity index is 1280. The number of nitrogens with one attached hydrogen (secondary N) is 1. The number of ether oxygens (including phenoxy) is 3. The molecule has 0 aliphatic carbocycles. The smallest absolute Gasteiger partial charge is 0.265 e. The number of rotatable bonds is 10. The van der Waals surface area contributed by atoms with Crippen molar-refractivity contribution in [1.82, 2.24) is 0 Å². The number of nitrogens with zero attached hydrogens (tertiary/aromatic N) is 1. The Labute approximate surface area is 210 Å². The van der Waals surface area contributed by atoms with Gasteiger partial charge in [-0.2, -0.15) is 0 Å². The highest BCUT2D eigenvalue weighted by atomic mass is 35.5. The third kappa shape index (κ3) is 7.03. The normalized spacial score (nSPS) is 11.9. The minimum atomic E-state index is -3.38. The molecule has 0 aromatic heterocycles. The van der Waals surface area contributed by atoms with Crippen LogP contribution in [-0.2, 0) is 14.8 Å². The summed E-state index contributed by atoms with van der Waals surface area (Å²) in [5.74, 6) is 1.61. The van der Waals surface area contributed by atoms with E-state index < -0.39 is 16.1 Å². The molecule has 0 aliphatic rings. The average molecular weight is 519 g/mol. The van der Waals surface area contributed by atoms with E-state index in [1.54, 1.807) is 73.8 Å². The van der Waals surface area contributed by atoms with Gasteiger partial charge in [-0.1, -0.05) is 24.6 Å². The van der Waals surface area contributed by atoms with E-state index in [-0.39, 0.29) is 5.91 Å². The first-order valence-corrected chi connectivity index (χ1v) is 13.0. The molecule has 3 rings (SSSR count). The molecule has 1 amide bonds. The predicted octanol–water partition coefficient (Wildman–Crippen LogP) is 5.33. The molecule has 0 aliphatic heterocycles. The Hall–Kier alpha value is -3.43. The van der Waals surface area contributed by atoms with Gasteiger partial charge in [0.2, 0.25) is 10.0 Å². The molecule has 1 N–H and O–H groups in total. The van der Waals surface area contributed by atoms with Crippen molar-refractivity contribution in [2.45, 2.75) is 19.4 Å². The standard InChI is InChI=1S/C25H27ClN2O6S/c1-5-23(33-19-12-10-18(11-13-19)28(2)35(4,30)31)25(29)27-22-15-17(26)9-14-24(22)34-21-8-6-7-20(16-21)32-3/h6-16,23H,5H2,1-4H3,(H,27,29). The lowest BCUT2D eigenvalue weighted by Crippen LogP contribution is -2.32. The molecule has 10 heteroatoms. The highest BCUT2D eigenvalue weighted by molar-refractivity contribution is 7.92. The van der Waals surface area contributed by atoms with Crippen molar-refractivity contribution in [2.75, 3.05) is 30.0 Å². The fourth-order valence-corrected chi connectivity index (χ4v) is 3.78. The molecule has 1 unspecified atom stereocenters. The van der Waals surface area contributed by atoms with Gasteiger partial charge in [0.05, 0.1) is 24.7 Å². The van der Waals surface area contributed by atoms with Crippen molar-refractivity contribution in [2.24, 2.45) is 0 Å². The maximum absolute atomic E-state index is 13.0. The van der Waals surface area contributed by atoms with Gasteiger partial charge in [0, 0.05) is 18.1 Å². The van der Waals surface area contributed by atoms with Crippen molar-refractivity contribution in [3.63, 3.8) is 0 Å². The van der Waals surface area contributed by atoms with Gasteiger partial charge in [-0.25, -0.2) is 8.42 Å². The van der Waals surface area contributed by atoms with Crippen LogP contribution in [-0.4, -0.2) is 40.8 Å². The SMILES string of the molecule is CCC(Oc1ccc(N(C)S(C)(=O)=O)cc1)C(=O)Nc1cc(Cl)ccc1Oc1cccc(OC)c1. The van der Waals surface area contributed by atoms with Crippen LogP contribution in [0.15, 0.2) is 66.7 Å². The number of carbonyl (C=O) groups is 1. The first kappa shape index (κ1) is 26.2. The van der Waals surface area contributed by atoms with E-state index in [4.69, 9.17) is 25.8 Å². The highest BCUT2D eigenvalue weighted by Gasteiger charge is 2.21. The lowest BCUT2D eigenvalue weighted by molar-refractivity contribution is -0.122. The van der Waals surface area contributed by atoms with Crippen molar-refractivity contribution in [3.05, 3.63) is 71.8 Å². The third-order valence-electron chi connectivity index (χ3n) is 5.11. The van der Waals surface area contributed by atoms with Gasteiger partial charge < -0.3 is 19.5 Å². The van der Waals surface area contributed by atoms with Gasteiger partial charge in [-0.15, -0.1) is 0 Å². The van der Waals surface area contributed by atoms with Crippen molar-refractivity contribution in [1.29, 1.82) is 0 Å². The summed E-state index contributed by atoms with van der Waals surface area (Å²) in [5, 5.41) is 3.26. The summed E-state index contributed by atoms with van der Waals surface area (Å²) in [4.78, 5) is 13.0. The first-order chi connectivity index (χ1) is 16.6. The second-order valence-electron chi connectivity index (χ2n) is 7.65. The largest absolute Gasteiger partial charge is 0.497 e. The maximum Gasteiger partial charge on any atom is 0.265 e. The average Bonchev–Trinajstić information content (AvgIpc) is 2.83. The zero-order chi connectivity index (χ0) is 25.6. The molecule has 186 valence electrons. The number of amides is 1. The van der Waals surface area contributed by atoms with Crippen molar-refractivity contribution in [3.8, 4) is 23.0 Å². The molecule has 8 nitrogen and oxygen atoms in total. The number of anilines is 2. The molecular weight excluding hydrogens is 492 g/mol. The molecule has 0 fully saturated rings. The van der Waals surface area contributed by atoms with E-state index in [2.05, 4.69) is 5.32 Å². The summed E-state index contributed by atoms with van der Waals surface area (Å²) in [5.41, 5.74) is 0.869. The van der Waals surface area contributed by atoms with Crippen LogP contribution < -0.4 is 23.8 Å². The van der Waals surface area contributed by atoms with Gasteiger partial charge in [-0.3, -0.25) is 9.10 Å². The van der Waals surface area contributed by atoms with Crippen molar-refractivity contribution < 1.29 is 27.4 Å². The van der Waals surface area contributed by atoms with Gasteiger partial charge in [-0.05, 0) is 61.0 Å². The number of hydrogen-bond acceptors (Lipinski definition) is 6. The van der Waals surface area contributed by atoms with Crippen LogP contribution >= 0.6 is 11.6 Å². The maximum atomic E-state index is 13.0. The van der Waals surface area contributed by atoms with Gasteiger partial charge >= 0.3 is 0 Å². The van der Waals surface area contributed by atoms with E-state index in [9.17, 15) is 13.2 Å². The van der Waals surface area contributed by atoms with E-state index in [1.807, 2.05) is 6.92 Å². The van der Waals surface area contributed by atoms with Crippen LogP contribution in [0.2, 0.25) is 5.02 Å². The monoisotopic (exact) mass is 518 g/mol. The fraction of sp³-hybridized carbons (Fsp3) is 0.240. The number of carbonyl (C=O) groups excluding carboxylic acids is 1. The number of sulfonamides is 1. The Kier molecular flexibility index (Phi) is 8.48. The lowest BCUT2D eigenvalue weighted by atomic mass is 10.2. The van der Waals surface area contributed by atoms with E-state index in [0.717, 1.165) is 10.6 Å². The van der Waals surface area contributed by atoms with Crippen LogP contribution in [0.4, 0.5) is 11.4 Å². The number of benzene rings is 3. The topological polar surface area (TPSA) is 94.2 Å². The predicted molar refractivity (Wildman–Crippen MR) is 138 cm³/mol. The van der Waals surface area contributed by atoms with Crippen molar-refractivity contribution >= 4 is 38.9 Å².